The van der Waals surface area contributed by atoms with Crippen LogP contribution < -0.4 is 10.2 Å². The Morgan fingerprint density at radius 3 is 2.05 bits per heavy atom. The lowest BCUT2D eigenvalue weighted by Gasteiger charge is -2.24. The van der Waals surface area contributed by atoms with E-state index in [1.165, 1.54) is 44.1 Å². The van der Waals surface area contributed by atoms with Crippen molar-refractivity contribution in [2.24, 2.45) is 11.8 Å². The van der Waals surface area contributed by atoms with E-state index in [0.717, 1.165) is 40.8 Å². The van der Waals surface area contributed by atoms with Gasteiger partial charge < -0.3 is 15.0 Å². The number of carbonyl (C=O) groups is 1. The van der Waals surface area contributed by atoms with Crippen LogP contribution in [0.2, 0.25) is 0 Å². The number of hydrogen-bond acceptors (Lipinski definition) is 6. The SMILES string of the molecule is CC(C)(C)OC=O.CCC(Cc1ccccc1)NC.CCC1CCC(C)CC1.Cc1nc(N(C)C)c2ccccc2n1. The zero-order valence-corrected chi connectivity index (χ0v) is 28.1. The van der Waals surface area contributed by atoms with Crippen LogP contribution in [0.5, 0.6) is 0 Å². The number of benzene rings is 2. The largest absolute Gasteiger partial charge is 0.462 e. The van der Waals surface area contributed by atoms with Gasteiger partial charge in [0.2, 0.25) is 0 Å². The second kappa shape index (κ2) is 20.0. The standard InChI is InChI=1S/C11H13N3.C11H17N.C9H18.C5H10O2/c1-8-12-10-7-5-4-6-9(10)11(13-8)14(2)3;1-3-11(12-2)9-10-7-5-4-6-8-10;1-3-9-6-4-8(2)5-7-9;1-5(2,3)7-4-6/h4-7H,1-3H3;4-8,11-12H,3,9H2,1-2H3;8-9H,3-7H2,1-2H3;4H,1-3H3. The third kappa shape index (κ3) is 15.3. The molecule has 1 fully saturated rings. The number of rotatable bonds is 7. The number of ether oxygens (including phenoxy) is 1. The summed E-state index contributed by atoms with van der Waals surface area (Å²) in [5.74, 6) is 3.88. The molecule has 1 atom stereocenters. The molecule has 1 aliphatic rings. The first kappa shape index (κ1) is 37.0. The van der Waals surface area contributed by atoms with Crippen molar-refractivity contribution >= 4 is 23.2 Å². The third-order valence-electron chi connectivity index (χ3n) is 7.46. The van der Waals surface area contributed by atoms with Crippen molar-refractivity contribution in [1.29, 1.82) is 0 Å². The average Bonchev–Trinajstić information content (AvgIpc) is 2.96. The quantitative estimate of drug-likeness (QED) is 0.284. The second-order valence-corrected chi connectivity index (χ2v) is 12.5. The molecular weight excluding hydrogens is 520 g/mol. The van der Waals surface area contributed by atoms with E-state index >= 15 is 0 Å². The summed E-state index contributed by atoms with van der Waals surface area (Å²) in [7, 11) is 6.01. The molecule has 1 N–H and O–H groups in total. The molecular formula is C36H58N4O2. The molecule has 1 aromatic heterocycles. The number of fused-ring (bicyclic) bond motifs is 1. The van der Waals surface area contributed by atoms with Crippen molar-refractivity contribution in [1.82, 2.24) is 15.3 Å². The van der Waals surface area contributed by atoms with Gasteiger partial charge in [0.25, 0.3) is 6.47 Å². The Kier molecular flexibility index (Phi) is 17.6. The fourth-order valence-corrected chi connectivity index (χ4v) is 4.74. The zero-order valence-electron chi connectivity index (χ0n) is 28.1. The van der Waals surface area contributed by atoms with E-state index in [1.54, 1.807) is 0 Å². The highest BCUT2D eigenvalue weighted by Gasteiger charge is 2.15. The number of likely N-dealkylation sites (N-methyl/N-ethyl adjacent to an activating group) is 1. The summed E-state index contributed by atoms with van der Waals surface area (Å²) in [6.45, 7) is 14.8. The van der Waals surface area contributed by atoms with E-state index in [0.29, 0.717) is 12.5 Å². The number of para-hydroxylation sites is 1. The molecule has 234 valence electrons. The Bertz CT molecular complexity index is 1120. The summed E-state index contributed by atoms with van der Waals surface area (Å²) in [4.78, 5) is 20.4. The minimum absolute atomic E-state index is 0.318. The Balaban J connectivity index is 0.000000290. The van der Waals surface area contributed by atoms with Crippen LogP contribution in [0.1, 0.15) is 91.5 Å². The van der Waals surface area contributed by atoms with E-state index in [1.807, 2.05) is 78.0 Å². The van der Waals surface area contributed by atoms with Gasteiger partial charge >= 0.3 is 0 Å². The molecule has 0 radical (unpaired) electrons. The molecule has 42 heavy (non-hydrogen) atoms. The van der Waals surface area contributed by atoms with Crippen LogP contribution in [-0.2, 0) is 16.0 Å². The van der Waals surface area contributed by atoms with Crippen LogP contribution in [0.15, 0.2) is 54.6 Å². The molecule has 1 heterocycles. The molecule has 0 amide bonds. The number of nitrogens with zero attached hydrogens (tertiary/aromatic N) is 3. The molecule has 1 unspecified atom stereocenters. The Labute approximate surface area is 256 Å². The molecule has 6 heteroatoms. The van der Waals surface area contributed by atoms with Crippen molar-refractivity contribution in [2.75, 3.05) is 26.0 Å². The van der Waals surface area contributed by atoms with Gasteiger partial charge in [0.05, 0.1) is 5.52 Å². The van der Waals surface area contributed by atoms with E-state index in [4.69, 9.17) is 0 Å². The van der Waals surface area contributed by atoms with Gasteiger partial charge in [-0.1, -0.05) is 95.3 Å². The van der Waals surface area contributed by atoms with Crippen molar-refractivity contribution in [3.05, 3.63) is 66.0 Å². The fraction of sp³-hybridized carbons (Fsp3) is 0.583. The minimum atomic E-state index is -0.318. The van der Waals surface area contributed by atoms with E-state index in [-0.39, 0.29) is 5.60 Å². The van der Waals surface area contributed by atoms with Crippen LogP contribution in [-0.4, -0.2) is 49.2 Å². The van der Waals surface area contributed by atoms with Crippen molar-refractivity contribution in [3.63, 3.8) is 0 Å². The molecule has 2 aromatic carbocycles. The molecule has 4 rings (SSSR count). The molecule has 0 aliphatic heterocycles. The van der Waals surface area contributed by atoms with Gasteiger partial charge in [-0.15, -0.1) is 0 Å². The summed E-state index contributed by atoms with van der Waals surface area (Å²) in [6, 6.07) is 19.3. The molecule has 3 aromatic rings. The molecule has 0 saturated heterocycles. The predicted octanol–water partition coefficient (Wildman–Crippen LogP) is 8.41. The lowest BCUT2D eigenvalue weighted by molar-refractivity contribution is -0.138. The smallest absolute Gasteiger partial charge is 0.293 e. The number of aryl methyl sites for hydroxylation is 1. The molecule has 1 aliphatic carbocycles. The number of carbonyl (C=O) groups excluding carboxylic acids is 1. The van der Waals surface area contributed by atoms with Gasteiger partial charge in [-0.3, -0.25) is 4.79 Å². The lowest BCUT2D eigenvalue weighted by atomic mass is 9.82. The van der Waals surface area contributed by atoms with Gasteiger partial charge in [0, 0.05) is 25.5 Å². The maximum Gasteiger partial charge on any atom is 0.293 e. The van der Waals surface area contributed by atoms with Crippen molar-refractivity contribution in [3.8, 4) is 0 Å². The number of hydrogen-bond donors (Lipinski definition) is 1. The topological polar surface area (TPSA) is 67.3 Å². The first-order valence-electron chi connectivity index (χ1n) is 15.7. The number of anilines is 1. The van der Waals surface area contributed by atoms with E-state index in [2.05, 4.69) is 71.1 Å². The molecule has 0 spiro atoms. The first-order valence-corrected chi connectivity index (χ1v) is 15.7. The Morgan fingerprint density at radius 1 is 0.976 bits per heavy atom. The Morgan fingerprint density at radius 2 is 1.57 bits per heavy atom. The highest BCUT2D eigenvalue weighted by Crippen LogP contribution is 2.29. The van der Waals surface area contributed by atoms with Gasteiger partial charge in [0.1, 0.15) is 17.2 Å². The van der Waals surface area contributed by atoms with Crippen LogP contribution in [0.4, 0.5) is 5.82 Å². The van der Waals surface area contributed by atoms with Crippen molar-refractivity contribution in [2.45, 2.75) is 105 Å². The van der Waals surface area contributed by atoms with Gasteiger partial charge in [-0.25, -0.2) is 9.97 Å². The van der Waals surface area contributed by atoms with Crippen LogP contribution >= 0.6 is 0 Å². The minimum Gasteiger partial charge on any atom is -0.462 e. The second-order valence-electron chi connectivity index (χ2n) is 12.5. The Hall–Kier alpha value is -2.99. The summed E-state index contributed by atoms with van der Waals surface area (Å²) < 4.78 is 4.55. The summed E-state index contributed by atoms with van der Waals surface area (Å²) >= 11 is 0. The van der Waals surface area contributed by atoms with Crippen LogP contribution in [0.3, 0.4) is 0 Å². The maximum atomic E-state index is 9.60. The summed E-state index contributed by atoms with van der Waals surface area (Å²) in [5.41, 5.74) is 2.10. The molecule has 0 bridgehead atoms. The average molecular weight is 579 g/mol. The van der Waals surface area contributed by atoms with E-state index < -0.39 is 0 Å². The molecule has 1 saturated carbocycles. The fourth-order valence-electron chi connectivity index (χ4n) is 4.74. The zero-order chi connectivity index (χ0) is 31.5. The highest BCUT2D eigenvalue weighted by atomic mass is 16.5. The number of nitrogens with one attached hydrogen (secondary N) is 1. The monoisotopic (exact) mass is 578 g/mol. The number of aromatic nitrogens is 2. The maximum absolute atomic E-state index is 9.60. The van der Waals surface area contributed by atoms with E-state index in [9.17, 15) is 4.79 Å². The van der Waals surface area contributed by atoms with Gasteiger partial charge in [0.15, 0.2) is 0 Å². The van der Waals surface area contributed by atoms with Gasteiger partial charge in [-0.05, 0) is 77.1 Å². The van der Waals surface area contributed by atoms with Gasteiger partial charge in [-0.2, -0.15) is 0 Å². The van der Waals surface area contributed by atoms with Crippen LogP contribution in [0, 0.1) is 18.8 Å². The predicted molar refractivity (Wildman–Crippen MR) is 180 cm³/mol. The lowest BCUT2D eigenvalue weighted by Crippen LogP contribution is -2.26. The first-order chi connectivity index (χ1) is 19.9. The third-order valence-corrected chi connectivity index (χ3v) is 7.46. The normalized spacial score (nSPS) is 16.8. The van der Waals surface area contributed by atoms with Crippen molar-refractivity contribution < 1.29 is 9.53 Å². The summed E-state index contributed by atoms with van der Waals surface area (Å²) in [6.07, 6.45) is 9.69. The summed E-state index contributed by atoms with van der Waals surface area (Å²) in [5, 5.41) is 4.40. The highest BCUT2D eigenvalue weighted by molar-refractivity contribution is 5.89. The van der Waals surface area contributed by atoms with Crippen LogP contribution in [0.25, 0.3) is 10.9 Å². The molecule has 6 nitrogen and oxygen atoms in total.